The fourth-order valence-corrected chi connectivity index (χ4v) is 3.53. The second-order valence-corrected chi connectivity index (χ2v) is 10.0. The van der Waals surface area contributed by atoms with Crippen LogP contribution >= 0.6 is 42.5 Å². The molecule has 2 N–H and O–H groups in total. The van der Waals surface area contributed by atoms with Crippen LogP contribution in [0.4, 0.5) is 8.78 Å². The predicted molar refractivity (Wildman–Crippen MR) is 92.6 cm³/mol. The third kappa shape index (κ3) is 6.37. The van der Waals surface area contributed by atoms with Crippen molar-refractivity contribution in [3.05, 3.63) is 57.0 Å². The average Bonchev–Trinajstić information content (AvgIpc) is 2.35. The molecule has 2 rings (SSSR count). The number of nitrogens with two attached hydrogens (primary N) is 1. The second kappa shape index (κ2) is 8.19. The molecule has 0 radical (unpaired) electrons. The Hall–Kier alpha value is -0.590. The lowest BCUT2D eigenvalue weighted by Crippen LogP contribution is -2.13. The lowest BCUT2D eigenvalue weighted by molar-refractivity contribution is 0.567. The summed E-state index contributed by atoms with van der Waals surface area (Å²) >= 11 is 5.97. The van der Waals surface area contributed by atoms with Crippen molar-refractivity contribution in [2.24, 2.45) is 5.14 Å². The summed E-state index contributed by atoms with van der Waals surface area (Å²) in [7, 11) is -2.99. The minimum Gasteiger partial charge on any atom is -0.225 e. The van der Waals surface area contributed by atoms with Crippen molar-refractivity contribution in [1.29, 1.82) is 0 Å². The molecule has 0 aliphatic heterocycles. The van der Waals surface area contributed by atoms with Crippen LogP contribution < -0.4 is 5.14 Å². The highest BCUT2D eigenvalue weighted by Gasteiger charge is 2.15. The number of halogens is 5. The minimum atomic E-state index is -3.97. The summed E-state index contributed by atoms with van der Waals surface area (Å²) in [6, 6.07) is 7.09. The van der Waals surface area contributed by atoms with Crippen LogP contribution in [0.1, 0.15) is 0 Å². The van der Waals surface area contributed by atoms with Gasteiger partial charge in [0.25, 0.3) is 9.05 Å². The highest BCUT2D eigenvalue weighted by molar-refractivity contribution is 9.10. The molecule has 0 unspecified atom stereocenters. The zero-order valence-electron chi connectivity index (χ0n) is 11.4. The molecule has 0 atom stereocenters. The van der Waals surface area contributed by atoms with Crippen molar-refractivity contribution in [3.8, 4) is 0 Å². The molecule has 0 fully saturated rings. The van der Waals surface area contributed by atoms with Crippen LogP contribution in [0.15, 0.2) is 55.1 Å². The smallest absolute Gasteiger partial charge is 0.225 e. The van der Waals surface area contributed by atoms with Gasteiger partial charge in [0, 0.05) is 19.6 Å². The maximum Gasteiger partial charge on any atom is 0.264 e. The van der Waals surface area contributed by atoms with Crippen molar-refractivity contribution in [2.45, 2.75) is 9.79 Å². The Kier molecular flexibility index (Phi) is 7.32. The van der Waals surface area contributed by atoms with Crippen molar-refractivity contribution in [1.82, 2.24) is 0 Å². The fraction of sp³-hybridized carbons (Fsp3) is 0. The Balaban J connectivity index is 0.000000240. The van der Waals surface area contributed by atoms with Crippen LogP contribution in [0.25, 0.3) is 0 Å². The summed E-state index contributed by atoms with van der Waals surface area (Å²) in [6.45, 7) is 0. The molecular formula is C12H8Br2ClF2NO4S2. The number of sulfonamides is 1. The molecule has 0 aliphatic rings. The average molecular weight is 528 g/mol. The van der Waals surface area contributed by atoms with Crippen LogP contribution in [0.2, 0.25) is 0 Å². The molecule has 0 saturated heterocycles. The number of rotatable bonds is 2. The quantitative estimate of drug-likeness (QED) is 0.602. The topological polar surface area (TPSA) is 94.3 Å². The van der Waals surface area contributed by atoms with Crippen molar-refractivity contribution >= 4 is 61.6 Å². The van der Waals surface area contributed by atoms with Gasteiger partial charge in [0.2, 0.25) is 10.0 Å². The minimum absolute atomic E-state index is 0.462. The van der Waals surface area contributed by atoms with Gasteiger partial charge in [-0.1, -0.05) is 31.9 Å². The number of hydrogen-bond acceptors (Lipinski definition) is 4. The van der Waals surface area contributed by atoms with Crippen molar-refractivity contribution < 1.29 is 25.6 Å². The summed E-state index contributed by atoms with van der Waals surface area (Å²) in [5.74, 6) is -1.72. The lowest BCUT2D eigenvalue weighted by atomic mass is 10.3. The van der Waals surface area contributed by atoms with E-state index in [-0.39, 0.29) is 0 Å². The second-order valence-electron chi connectivity index (χ2n) is 4.13. The van der Waals surface area contributed by atoms with Crippen LogP contribution in [-0.4, -0.2) is 16.8 Å². The Bertz CT molecular complexity index is 890. The third-order valence-corrected chi connectivity index (χ3v) is 5.64. The number of hydrogen-bond donors (Lipinski definition) is 1. The molecule has 0 spiro atoms. The Morgan fingerprint density at radius 3 is 1.50 bits per heavy atom. The van der Waals surface area contributed by atoms with Crippen LogP contribution in [0.3, 0.4) is 0 Å². The predicted octanol–water partition coefficient (Wildman–Crippen LogP) is 3.75. The molecule has 0 bridgehead atoms. The van der Waals surface area contributed by atoms with Gasteiger partial charge >= 0.3 is 0 Å². The van der Waals surface area contributed by atoms with Crippen molar-refractivity contribution in [2.75, 3.05) is 0 Å². The molecule has 0 aromatic heterocycles. The van der Waals surface area contributed by atoms with E-state index in [0.717, 1.165) is 24.3 Å². The van der Waals surface area contributed by atoms with E-state index < -0.39 is 40.5 Å². The van der Waals surface area contributed by atoms with Crippen molar-refractivity contribution in [3.63, 3.8) is 0 Å². The Morgan fingerprint density at radius 1 is 0.833 bits per heavy atom. The SMILES string of the molecule is NS(=O)(=O)c1ccc(Br)cc1F.O=S(=O)(Cl)c1ccc(Br)cc1F. The number of benzene rings is 2. The van der Waals surface area contributed by atoms with E-state index >= 15 is 0 Å². The maximum absolute atomic E-state index is 12.9. The van der Waals surface area contributed by atoms with E-state index in [9.17, 15) is 25.6 Å². The highest BCUT2D eigenvalue weighted by Crippen LogP contribution is 2.22. The molecule has 0 amide bonds. The zero-order valence-corrected chi connectivity index (χ0v) is 16.9. The molecule has 2 aromatic rings. The lowest BCUT2D eigenvalue weighted by Gasteiger charge is -1.99. The van der Waals surface area contributed by atoms with Gasteiger partial charge in [-0.3, -0.25) is 0 Å². The van der Waals surface area contributed by atoms with Gasteiger partial charge in [-0.15, -0.1) is 0 Å². The summed E-state index contributed by atoms with van der Waals surface area (Å²) in [5.41, 5.74) is 0. The molecule has 0 saturated carbocycles. The van der Waals surface area contributed by atoms with E-state index in [2.05, 4.69) is 31.9 Å². The first-order chi connectivity index (χ1) is 10.8. The Morgan fingerprint density at radius 2 is 1.21 bits per heavy atom. The zero-order chi connectivity index (χ0) is 18.7. The molecule has 132 valence electrons. The molecule has 0 aliphatic carbocycles. The van der Waals surface area contributed by atoms with E-state index in [4.69, 9.17) is 15.8 Å². The van der Waals surface area contributed by atoms with E-state index in [1.54, 1.807) is 0 Å². The van der Waals surface area contributed by atoms with Gasteiger partial charge in [-0.2, -0.15) is 0 Å². The molecule has 0 heterocycles. The van der Waals surface area contributed by atoms with Gasteiger partial charge in [0.15, 0.2) is 0 Å². The largest absolute Gasteiger partial charge is 0.264 e. The highest BCUT2D eigenvalue weighted by atomic mass is 79.9. The first kappa shape index (κ1) is 21.5. The van der Waals surface area contributed by atoms with Gasteiger partial charge in [-0.25, -0.2) is 30.8 Å². The molecule has 24 heavy (non-hydrogen) atoms. The first-order valence-electron chi connectivity index (χ1n) is 5.70. The van der Waals surface area contributed by atoms with Gasteiger partial charge in [0.05, 0.1) is 0 Å². The number of primary sulfonamides is 1. The normalized spacial score (nSPS) is 11.6. The summed E-state index contributed by atoms with van der Waals surface area (Å²) in [5, 5.41) is 4.72. The summed E-state index contributed by atoms with van der Waals surface area (Å²) in [4.78, 5) is -1.00. The molecular weight excluding hydrogens is 520 g/mol. The Labute approximate surface area is 158 Å². The van der Waals surface area contributed by atoms with Gasteiger partial charge < -0.3 is 0 Å². The monoisotopic (exact) mass is 525 g/mol. The first-order valence-corrected chi connectivity index (χ1v) is 11.1. The maximum atomic E-state index is 12.9. The van der Waals surface area contributed by atoms with E-state index in [1.807, 2.05) is 0 Å². The van der Waals surface area contributed by atoms with Crippen LogP contribution in [0.5, 0.6) is 0 Å². The molecule has 12 heteroatoms. The van der Waals surface area contributed by atoms with E-state index in [1.165, 1.54) is 12.1 Å². The molecule has 2 aromatic carbocycles. The summed E-state index contributed by atoms with van der Waals surface area (Å²) in [6.07, 6.45) is 0. The summed E-state index contributed by atoms with van der Waals surface area (Å²) < 4.78 is 69.4. The standard InChI is InChI=1S/C6H3BrClFO2S.C6H5BrFNO2S/c7-4-1-2-6(5(9)3-4)12(8,10)11;7-4-1-2-6(5(8)3-4)12(9,10)11/h1-3H;1-3H,(H2,9,10,11). The van der Waals surface area contributed by atoms with Gasteiger partial charge in [0.1, 0.15) is 21.4 Å². The van der Waals surface area contributed by atoms with E-state index in [0.29, 0.717) is 8.95 Å². The molecule has 5 nitrogen and oxygen atoms in total. The fourth-order valence-electron chi connectivity index (χ4n) is 1.38. The van der Waals surface area contributed by atoms with Gasteiger partial charge in [-0.05, 0) is 36.4 Å². The van der Waals surface area contributed by atoms with Crippen LogP contribution in [0, 0.1) is 11.6 Å². The third-order valence-electron chi connectivity index (χ3n) is 2.36. The van der Waals surface area contributed by atoms with Crippen LogP contribution in [-0.2, 0) is 19.1 Å².